The predicted molar refractivity (Wildman–Crippen MR) is 86.3 cm³/mol. The Morgan fingerprint density at radius 1 is 1.14 bits per heavy atom. The average molecular weight is 307 g/mol. The second kappa shape index (κ2) is 8.53. The van der Waals surface area contributed by atoms with Gasteiger partial charge < -0.3 is 9.47 Å². The van der Waals surface area contributed by atoms with Crippen LogP contribution in [0.25, 0.3) is 0 Å². The largest absolute Gasteiger partial charge is 0.477 e. The molecule has 0 amide bonds. The number of hydrogen-bond donors (Lipinski definition) is 0. The minimum Gasteiger partial charge on any atom is -0.477 e. The van der Waals surface area contributed by atoms with Crippen molar-refractivity contribution in [3.63, 3.8) is 0 Å². The van der Waals surface area contributed by atoms with Gasteiger partial charge in [0.1, 0.15) is 0 Å². The fourth-order valence-corrected chi connectivity index (χ4v) is 3.39. The molecule has 1 aromatic rings. The third-order valence-corrected chi connectivity index (χ3v) is 4.76. The van der Waals surface area contributed by atoms with Gasteiger partial charge in [0.05, 0.1) is 25.9 Å². The van der Waals surface area contributed by atoms with Crippen molar-refractivity contribution in [2.24, 2.45) is 0 Å². The lowest BCUT2D eigenvalue weighted by Crippen LogP contribution is -2.36. The molecule has 2 heterocycles. The summed E-state index contributed by atoms with van der Waals surface area (Å²) in [6.45, 7) is 5.85. The van der Waals surface area contributed by atoms with Crippen LogP contribution < -0.4 is 4.74 Å². The van der Waals surface area contributed by atoms with Gasteiger partial charge in [0, 0.05) is 25.4 Å². The first-order valence-electron chi connectivity index (χ1n) is 8.90. The Kier molecular flexibility index (Phi) is 6.13. The molecule has 5 heteroatoms. The van der Waals surface area contributed by atoms with Gasteiger partial charge in [0.2, 0.25) is 5.88 Å². The van der Waals surface area contributed by atoms with Gasteiger partial charge in [-0.15, -0.1) is 5.10 Å². The molecule has 0 radical (unpaired) electrons. The molecule has 124 valence electrons. The summed E-state index contributed by atoms with van der Waals surface area (Å²) in [4.78, 5) is 2.47. The van der Waals surface area contributed by atoms with Gasteiger partial charge in [-0.1, -0.05) is 19.3 Å². The first-order chi connectivity index (χ1) is 10.9. The molecule has 2 aliphatic rings. The molecule has 0 atom stereocenters. The number of hydrogen-bond acceptors (Lipinski definition) is 4. The number of nitrogens with zero attached hydrogens (tertiary/aromatic N) is 3. The molecule has 0 N–H and O–H groups in total. The number of rotatable bonds is 7. The Bertz CT molecular complexity index is 423. The molecular weight excluding hydrogens is 278 g/mol. The Labute approximate surface area is 133 Å². The van der Waals surface area contributed by atoms with E-state index < -0.39 is 0 Å². The van der Waals surface area contributed by atoms with Gasteiger partial charge in [0.15, 0.2) is 0 Å². The van der Waals surface area contributed by atoms with Crippen LogP contribution in [0.5, 0.6) is 5.88 Å². The summed E-state index contributed by atoms with van der Waals surface area (Å²) in [6, 6.07) is 2.60. The minimum atomic E-state index is 0.590. The predicted octanol–water partition coefficient (Wildman–Crippen LogP) is 2.88. The second-order valence-electron chi connectivity index (χ2n) is 6.44. The number of unbranched alkanes of at least 4 members (excludes halogenated alkanes) is 1. The standard InChI is InChI=1S/C17H29N3O2/c1-2-6-16(7-3-1)20-10-8-17(18-20)22-13-5-4-9-19-11-14-21-15-12-19/h8,10,16H,1-7,9,11-15H2. The fourth-order valence-electron chi connectivity index (χ4n) is 3.39. The van der Waals surface area contributed by atoms with Crippen molar-refractivity contribution in [1.29, 1.82) is 0 Å². The summed E-state index contributed by atoms with van der Waals surface area (Å²) < 4.78 is 13.3. The van der Waals surface area contributed by atoms with E-state index in [1.54, 1.807) is 0 Å². The van der Waals surface area contributed by atoms with Crippen LogP contribution in [0.15, 0.2) is 12.3 Å². The van der Waals surface area contributed by atoms with Gasteiger partial charge in [0.25, 0.3) is 0 Å². The van der Waals surface area contributed by atoms with Crippen LogP contribution in [0.1, 0.15) is 51.0 Å². The topological polar surface area (TPSA) is 39.5 Å². The Morgan fingerprint density at radius 2 is 1.95 bits per heavy atom. The van der Waals surface area contributed by atoms with Crippen LogP contribution in [0.4, 0.5) is 0 Å². The zero-order valence-corrected chi connectivity index (χ0v) is 13.6. The van der Waals surface area contributed by atoms with Crippen molar-refractivity contribution >= 4 is 0 Å². The number of aromatic nitrogens is 2. The van der Waals surface area contributed by atoms with Gasteiger partial charge >= 0.3 is 0 Å². The summed E-state index contributed by atoms with van der Waals surface area (Å²) in [5.74, 6) is 0.789. The van der Waals surface area contributed by atoms with Gasteiger partial charge in [-0.3, -0.25) is 9.58 Å². The van der Waals surface area contributed by atoms with Crippen LogP contribution in [0, 0.1) is 0 Å². The molecule has 3 rings (SSSR count). The van der Waals surface area contributed by atoms with E-state index in [-0.39, 0.29) is 0 Å². The fraction of sp³-hybridized carbons (Fsp3) is 0.824. The molecule has 1 aliphatic heterocycles. The summed E-state index contributed by atoms with van der Waals surface area (Å²) >= 11 is 0. The van der Waals surface area contributed by atoms with E-state index in [4.69, 9.17) is 9.47 Å². The highest BCUT2D eigenvalue weighted by Gasteiger charge is 2.16. The molecular formula is C17H29N3O2. The first kappa shape index (κ1) is 15.8. The van der Waals surface area contributed by atoms with Crippen LogP contribution in [-0.2, 0) is 4.74 Å². The maximum atomic E-state index is 5.79. The highest BCUT2D eigenvalue weighted by Crippen LogP contribution is 2.28. The van der Waals surface area contributed by atoms with E-state index in [1.165, 1.54) is 38.5 Å². The lowest BCUT2D eigenvalue weighted by Gasteiger charge is -2.26. The Hall–Kier alpha value is -1.07. The third-order valence-electron chi connectivity index (χ3n) is 4.76. The van der Waals surface area contributed by atoms with Crippen LogP contribution in [-0.4, -0.2) is 54.1 Å². The quantitative estimate of drug-likeness (QED) is 0.726. The molecule has 0 bridgehead atoms. The monoisotopic (exact) mass is 307 g/mol. The maximum Gasteiger partial charge on any atom is 0.232 e. The zero-order chi connectivity index (χ0) is 15.0. The molecule has 1 saturated heterocycles. The molecule has 2 fully saturated rings. The lowest BCUT2D eigenvalue weighted by molar-refractivity contribution is 0.0367. The molecule has 1 aromatic heterocycles. The molecule has 22 heavy (non-hydrogen) atoms. The smallest absolute Gasteiger partial charge is 0.232 e. The van der Waals surface area contributed by atoms with E-state index in [0.29, 0.717) is 6.04 Å². The van der Waals surface area contributed by atoms with Crippen molar-refractivity contribution in [3.8, 4) is 5.88 Å². The van der Waals surface area contributed by atoms with E-state index in [2.05, 4.69) is 20.9 Å². The van der Waals surface area contributed by atoms with E-state index in [1.807, 2.05) is 6.07 Å². The molecule has 1 aliphatic carbocycles. The highest BCUT2D eigenvalue weighted by atomic mass is 16.5. The van der Waals surface area contributed by atoms with Crippen molar-refractivity contribution in [2.75, 3.05) is 39.5 Å². The summed E-state index contributed by atoms with van der Waals surface area (Å²) in [7, 11) is 0. The van der Waals surface area contributed by atoms with E-state index in [0.717, 1.165) is 51.8 Å². The first-order valence-corrected chi connectivity index (χ1v) is 8.90. The van der Waals surface area contributed by atoms with Crippen molar-refractivity contribution < 1.29 is 9.47 Å². The lowest BCUT2D eigenvalue weighted by atomic mass is 9.96. The molecule has 0 unspecified atom stereocenters. The summed E-state index contributed by atoms with van der Waals surface area (Å²) in [6.07, 6.45) is 10.9. The Morgan fingerprint density at radius 3 is 2.77 bits per heavy atom. The molecule has 1 saturated carbocycles. The zero-order valence-electron chi connectivity index (χ0n) is 13.6. The minimum absolute atomic E-state index is 0.590. The summed E-state index contributed by atoms with van der Waals surface area (Å²) in [5.41, 5.74) is 0. The van der Waals surface area contributed by atoms with Crippen LogP contribution in [0.2, 0.25) is 0 Å². The van der Waals surface area contributed by atoms with Gasteiger partial charge in [-0.05, 0) is 32.2 Å². The van der Waals surface area contributed by atoms with Crippen molar-refractivity contribution in [1.82, 2.24) is 14.7 Å². The average Bonchev–Trinajstić information content (AvgIpc) is 3.05. The molecule has 0 aromatic carbocycles. The molecule has 5 nitrogen and oxygen atoms in total. The SMILES string of the molecule is c1cn(C2CCCCC2)nc1OCCCCN1CCOCC1. The normalized spacial score (nSPS) is 21.1. The third kappa shape index (κ3) is 4.71. The highest BCUT2D eigenvalue weighted by molar-refractivity contribution is 5.06. The van der Waals surface area contributed by atoms with Crippen LogP contribution >= 0.6 is 0 Å². The van der Waals surface area contributed by atoms with Gasteiger partial charge in [-0.25, -0.2) is 0 Å². The van der Waals surface area contributed by atoms with Crippen LogP contribution in [0.3, 0.4) is 0 Å². The summed E-state index contributed by atoms with van der Waals surface area (Å²) in [5, 5.41) is 4.59. The van der Waals surface area contributed by atoms with E-state index >= 15 is 0 Å². The van der Waals surface area contributed by atoms with E-state index in [9.17, 15) is 0 Å². The number of morpholine rings is 1. The molecule has 0 spiro atoms. The second-order valence-corrected chi connectivity index (χ2v) is 6.44. The Balaban J connectivity index is 1.31. The van der Waals surface area contributed by atoms with Crippen molar-refractivity contribution in [2.45, 2.75) is 51.0 Å². The van der Waals surface area contributed by atoms with Crippen molar-refractivity contribution in [3.05, 3.63) is 12.3 Å². The van der Waals surface area contributed by atoms with Gasteiger partial charge in [-0.2, -0.15) is 0 Å². The maximum absolute atomic E-state index is 5.79. The number of ether oxygens (including phenoxy) is 2.